The molecule has 1 aromatic carbocycles. The van der Waals surface area contributed by atoms with Crippen molar-refractivity contribution in [3.63, 3.8) is 0 Å². The molecule has 1 aromatic heterocycles. The first-order valence-corrected chi connectivity index (χ1v) is 8.55. The maximum Gasteiger partial charge on any atom is 0.232 e. The number of rotatable bonds is 6. The lowest BCUT2D eigenvalue weighted by Gasteiger charge is -2.37. The van der Waals surface area contributed by atoms with E-state index in [1.54, 1.807) is 24.1 Å². The van der Waals surface area contributed by atoms with E-state index in [-0.39, 0.29) is 24.1 Å². The minimum atomic E-state index is -0.409. The molecular formula is C19H22FN3O3. The molecule has 0 unspecified atom stereocenters. The zero-order valence-corrected chi connectivity index (χ0v) is 14.7. The van der Waals surface area contributed by atoms with Gasteiger partial charge in [0.1, 0.15) is 12.2 Å². The van der Waals surface area contributed by atoms with Crippen molar-refractivity contribution in [1.29, 1.82) is 0 Å². The average Bonchev–Trinajstić information content (AvgIpc) is 3.09. The summed E-state index contributed by atoms with van der Waals surface area (Å²) in [7, 11) is 1.55. The average molecular weight is 359 g/mol. The second kappa shape index (κ2) is 8.14. The molecule has 0 aliphatic carbocycles. The summed E-state index contributed by atoms with van der Waals surface area (Å²) in [6, 6.07) is 9.67. The molecule has 6 nitrogen and oxygen atoms in total. The van der Waals surface area contributed by atoms with Gasteiger partial charge in [-0.1, -0.05) is 12.1 Å². The van der Waals surface area contributed by atoms with Crippen molar-refractivity contribution in [2.45, 2.75) is 19.0 Å². The SMILES string of the molecule is COCCNC(=O)CC(=O)N1CCn2cccc2[C@@H]1c1cccc(F)c1. The van der Waals surface area contributed by atoms with Gasteiger partial charge in [-0.2, -0.15) is 0 Å². The molecule has 3 rings (SSSR count). The van der Waals surface area contributed by atoms with E-state index in [1.807, 2.05) is 18.3 Å². The van der Waals surface area contributed by atoms with Gasteiger partial charge in [-0.3, -0.25) is 9.59 Å². The van der Waals surface area contributed by atoms with Gasteiger partial charge in [0.25, 0.3) is 0 Å². The summed E-state index contributed by atoms with van der Waals surface area (Å²) in [6.07, 6.45) is 1.71. The van der Waals surface area contributed by atoms with E-state index < -0.39 is 6.04 Å². The van der Waals surface area contributed by atoms with Gasteiger partial charge in [0.2, 0.25) is 11.8 Å². The molecule has 0 radical (unpaired) electrons. The summed E-state index contributed by atoms with van der Waals surface area (Å²) >= 11 is 0. The van der Waals surface area contributed by atoms with Crippen LogP contribution in [0.25, 0.3) is 0 Å². The van der Waals surface area contributed by atoms with E-state index in [0.29, 0.717) is 31.8 Å². The molecule has 1 atom stereocenters. The lowest BCUT2D eigenvalue weighted by molar-refractivity contribution is -0.138. The summed E-state index contributed by atoms with van der Waals surface area (Å²) in [4.78, 5) is 26.4. The predicted molar refractivity (Wildman–Crippen MR) is 93.9 cm³/mol. The van der Waals surface area contributed by atoms with Crippen LogP contribution in [0.3, 0.4) is 0 Å². The first kappa shape index (κ1) is 18.1. The number of amides is 2. The van der Waals surface area contributed by atoms with Gasteiger partial charge < -0.3 is 19.5 Å². The molecule has 7 heteroatoms. The highest BCUT2D eigenvalue weighted by Crippen LogP contribution is 2.33. The smallest absolute Gasteiger partial charge is 0.232 e. The van der Waals surface area contributed by atoms with Crippen LogP contribution >= 0.6 is 0 Å². The molecule has 0 saturated carbocycles. The van der Waals surface area contributed by atoms with Crippen LogP contribution in [0.4, 0.5) is 4.39 Å². The van der Waals surface area contributed by atoms with Crippen LogP contribution in [0.15, 0.2) is 42.6 Å². The van der Waals surface area contributed by atoms with Crippen molar-refractivity contribution >= 4 is 11.8 Å². The number of carbonyl (C=O) groups excluding carboxylic acids is 2. The fourth-order valence-electron chi connectivity index (χ4n) is 3.27. The highest BCUT2D eigenvalue weighted by molar-refractivity contribution is 5.97. The Bertz CT molecular complexity index is 790. The molecule has 26 heavy (non-hydrogen) atoms. The largest absolute Gasteiger partial charge is 0.383 e. The van der Waals surface area contributed by atoms with Gasteiger partial charge in [-0.15, -0.1) is 0 Å². The number of nitrogens with zero attached hydrogens (tertiary/aromatic N) is 2. The number of fused-ring (bicyclic) bond motifs is 1. The van der Waals surface area contributed by atoms with Crippen molar-refractivity contribution in [2.24, 2.45) is 0 Å². The third kappa shape index (κ3) is 3.94. The normalized spacial score (nSPS) is 16.2. The summed E-state index contributed by atoms with van der Waals surface area (Å²) in [5.41, 5.74) is 1.60. The highest BCUT2D eigenvalue weighted by Gasteiger charge is 2.32. The highest BCUT2D eigenvalue weighted by atomic mass is 19.1. The number of carbonyl (C=O) groups is 2. The van der Waals surface area contributed by atoms with Crippen molar-refractivity contribution < 1.29 is 18.7 Å². The zero-order valence-electron chi connectivity index (χ0n) is 14.7. The van der Waals surface area contributed by atoms with E-state index in [9.17, 15) is 14.0 Å². The molecule has 0 fully saturated rings. The number of aromatic nitrogens is 1. The maximum atomic E-state index is 13.7. The molecule has 0 spiro atoms. The Morgan fingerprint density at radius 2 is 2.12 bits per heavy atom. The van der Waals surface area contributed by atoms with Gasteiger partial charge in [-0.25, -0.2) is 4.39 Å². The summed E-state index contributed by atoms with van der Waals surface area (Å²) in [5.74, 6) is -0.969. The Morgan fingerprint density at radius 1 is 1.27 bits per heavy atom. The van der Waals surface area contributed by atoms with Gasteiger partial charge in [0, 0.05) is 38.6 Å². The van der Waals surface area contributed by atoms with E-state index in [2.05, 4.69) is 9.88 Å². The van der Waals surface area contributed by atoms with Crippen molar-refractivity contribution in [3.8, 4) is 0 Å². The minimum absolute atomic E-state index is 0.240. The van der Waals surface area contributed by atoms with Crippen molar-refractivity contribution in [1.82, 2.24) is 14.8 Å². The van der Waals surface area contributed by atoms with Crippen molar-refractivity contribution in [2.75, 3.05) is 26.8 Å². The van der Waals surface area contributed by atoms with Gasteiger partial charge in [0.15, 0.2) is 0 Å². The minimum Gasteiger partial charge on any atom is -0.383 e. The third-order valence-corrected chi connectivity index (χ3v) is 4.46. The fourth-order valence-corrected chi connectivity index (χ4v) is 3.27. The Balaban J connectivity index is 1.81. The summed E-state index contributed by atoms with van der Waals surface area (Å²) in [5, 5.41) is 2.65. The van der Waals surface area contributed by atoms with E-state index in [4.69, 9.17) is 4.74 Å². The van der Waals surface area contributed by atoms with Crippen LogP contribution in [0, 0.1) is 5.82 Å². The zero-order chi connectivity index (χ0) is 18.5. The monoisotopic (exact) mass is 359 g/mol. The Labute approximate surface area is 151 Å². The number of hydrogen-bond acceptors (Lipinski definition) is 3. The standard InChI is InChI=1S/C19H22FN3O3/c1-26-11-7-21-17(24)13-18(25)23-10-9-22-8-3-6-16(22)19(23)14-4-2-5-15(20)12-14/h2-6,8,12,19H,7,9-11,13H2,1H3,(H,21,24)/t19-/m0/s1. The topological polar surface area (TPSA) is 63.6 Å². The molecule has 0 bridgehead atoms. The summed E-state index contributed by atoms with van der Waals surface area (Å²) in [6.45, 7) is 1.86. The third-order valence-electron chi connectivity index (χ3n) is 4.46. The Kier molecular flexibility index (Phi) is 5.68. The first-order valence-electron chi connectivity index (χ1n) is 8.55. The van der Waals surface area contributed by atoms with Gasteiger partial charge in [0.05, 0.1) is 12.6 Å². The van der Waals surface area contributed by atoms with Gasteiger partial charge >= 0.3 is 0 Å². The second-order valence-corrected chi connectivity index (χ2v) is 6.19. The maximum absolute atomic E-state index is 13.7. The van der Waals surface area contributed by atoms with Crippen LogP contribution in [0.2, 0.25) is 0 Å². The van der Waals surface area contributed by atoms with Crippen LogP contribution in [-0.2, 0) is 20.9 Å². The van der Waals surface area contributed by atoms with Crippen LogP contribution < -0.4 is 5.32 Å². The molecule has 2 amide bonds. The second-order valence-electron chi connectivity index (χ2n) is 6.19. The molecule has 0 saturated heterocycles. The van der Waals surface area contributed by atoms with E-state index in [1.165, 1.54) is 12.1 Å². The molecule has 138 valence electrons. The number of hydrogen-bond donors (Lipinski definition) is 1. The van der Waals surface area contributed by atoms with Crippen LogP contribution in [0.1, 0.15) is 23.7 Å². The quantitative estimate of drug-likeness (QED) is 0.631. The van der Waals surface area contributed by atoms with E-state index >= 15 is 0 Å². The number of methoxy groups -OCH3 is 1. The Morgan fingerprint density at radius 3 is 2.88 bits per heavy atom. The molecule has 1 N–H and O–H groups in total. The number of ether oxygens (including phenoxy) is 1. The number of benzene rings is 1. The predicted octanol–water partition coefficient (Wildman–Crippen LogP) is 1.71. The van der Waals surface area contributed by atoms with Crippen LogP contribution in [0.5, 0.6) is 0 Å². The Hall–Kier alpha value is -2.67. The number of nitrogens with one attached hydrogen (secondary N) is 1. The molecule has 1 aliphatic rings. The lowest BCUT2D eigenvalue weighted by atomic mass is 9.99. The molecule has 1 aliphatic heterocycles. The van der Waals surface area contributed by atoms with Crippen molar-refractivity contribution in [3.05, 3.63) is 59.7 Å². The molecular weight excluding hydrogens is 337 g/mol. The lowest BCUT2D eigenvalue weighted by Crippen LogP contribution is -2.44. The van der Waals surface area contributed by atoms with E-state index in [0.717, 1.165) is 5.69 Å². The molecule has 2 heterocycles. The van der Waals surface area contributed by atoms with Crippen LogP contribution in [-0.4, -0.2) is 48.1 Å². The molecule has 2 aromatic rings. The summed E-state index contributed by atoms with van der Waals surface area (Å²) < 4.78 is 20.7. The first-order chi connectivity index (χ1) is 12.6. The number of halogens is 1. The fraction of sp³-hybridized carbons (Fsp3) is 0.368. The van der Waals surface area contributed by atoms with Gasteiger partial charge in [-0.05, 0) is 29.8 Å².